The van der Waals surface area contributed by atoms with Gasteiger partial charge in [0.05, 0.1) is 0 Å². The van der Waals surface area contributed by atoms with Crippen molar-refractivity contribution in [2.75, 3.05) is 0 Å². The Kier molecular flexibility index (Phi) is 13.5. The summed E-state index contributed by atoms with van der Waals surface area (Å²) in [6, 6.07) is 16.6. The molecule has 0 aliphatic carbocycles. The van der Waals surface area contributed by atoms with E-state index < -0.39 is 17.0 Å². The Morgan fingerprint density at radius 3 is 1.26 bits per heavy atom. The van der Waals surface area contributed by atoms with Crippen molar-refractivity contribution in [1.29, 1.82) is 0 Å². The van der Waals surface area contributed by atoms with Crippen molar-refractivity contribution in [3.05, 3.63) is 85.0 Å². The van der Waals surface area contributed by atoms with E-state index in [1.807, 2.05) is 36.4 Å². The summed E-state index contributed by atoms with van der Waals surface area (Å²) in [5, 5.41) is 0. The van der Waals surface area contributed by atoms with Crippen molar-refractivity contribution in [3.8, 4) is 0 Å². The van der Waals surface area contributed by atoms with E-state index in [9.17, 15) is 0 Å². The minimum absolute atomic E-state index is 0.556. The summed E-state index contributed by atoms with van der Waals surface area (Å²) in [7, 11) is 9.78. The zero-order chi connectivity index (χ0) is 14.3. The van der Waals surface area contributed by atoms with E-state index in [4.69, 9.17) is 18.6 Å². The molecule has 2 aromatic carbocycles. The van der Waals surface area contributed by atoms with Gasteiger partial charge in [-0.25, -0.2) is 24.3 Å². The molecular formula is C16H18Cl2Ti-2. The van der Waals surface area contributed by atoms with Crippen LogP contribution in [0.5, 0.6) is 0 Å². The Bertz CT molecular complexity index is 362. The number of rotatable bonds is 4. The molecule has 0 saturated carbocycles. The van der Waals surface area contributed by atoms with E-state index in [0.717, 1.165) is 12.8 Å². The van der Waals surface area contributed by atoms with E-state index >= 15 is 0 Å². The summed E-state index contributed by atoms with van der Waals surface area (Å²) in [5.41, 5.74) is 2.69. The monoisotopic (exact) mass is 328 g/mol. The molecule has 0 atom stereocenters. The molecule has 0 saturated heterocycles. The molecule has 19 heavy (non-hydrogen) atoms. The normalized spacial score (nSPS) is 8.32. The van der Waals surface area contributed by atoms with E-state index in [1.165, 1.54) is 11.1 Å². The molecule has 102 valence electrons. The Labute approximate surface area is 133 Å². The van der Waals surface area contributed by atoms with Crippen LogP contribution in [0.2, 0.25) is 0 Å². The van der Waals surface area contributed by atoms with Crippen molar-refractivity contribution in [2.24, 2.45) is 0 Å². The van der Waals surface area contributed by atoms with Crippen molar-refractivity contribution in [3.63, 3.8) is 0 Å². The van der Waals surface area contributed by atoms with Gasteiger partial charge >= 0.3 is 35.6 Å². The fourth-order valence-corrected chi connectivity index (χ4v) is 1.43. The molecule has 0 aliphatic heterocycles. The molecule has 0 aromatic heterocycles. The summed E-state index contributed by atoms with van der Waals surface area (Å²) >= 11 is -0.556. The molecule has 2 rings (SSSR count). The van der Waals surface area contributed by atoms with Gasteiger partial charge < -0.3 is 0 Å². The topological polar surface area (TPSA) is 0 Å². The van der Waals surface area contributed by atoms with Crippen LogP contribution < -0.4 is 0 Å². The van der Waals surface area contributed by atoms with Gasteiger partial charge in [-0.15, -0.1) is 13.2 Å². The molecule has 0 nitrogen and oxygen atoms in total. The summed E-state index contributed by atoms with van der Waals surface area (Å²) in [4.78, 5) is 0. The SMILES string of the molecule is C=CC[c-]1cccc1.C=CC[c-]1cccc1.[Cl][Ti][Cl]. The van der Waals surface area contributed by atoms with Crippen LogP contribution in [0.3, 0.4) is 0 Å². The van der Waals surface area contributed by atoms with Gasteiger partial charge in [0, 0.05) is 0 Å². The van der Waals surface area contributed by atoms with Gasteiger partial charge in [0.15, 0.2) is 0 Å². The molecule has 0 N–H and O–H groups in total. The molecule has 0 spiro atoms. The molecule has 0 heterocycles. The second kappa shape index (κ2) is 13.9. The summed E-state index contributed by atoms with van der Waals surface area (Å²) in [5.74, 6) is 0. The third-order valence-corrected chi connectivity index (χ3v) is 2.22. The molecular weight excluding hydrogens is 311 g/mol. The molecule has 0 fully saturated rings. The molecule has 0 unspecified atom stereocenters. The molecule has 0 bridgehead atoms. The standard InChI is InChI=1S/2C8H9.2ClH.Ti/c2*1-2-5-8-6-3-4-7-8;;;/h2*2-4,6-7H,1,5H2;2*1H;/q2*-1;;;+2/p-2. The first-order chi connectivity index (χ1) is 9.28. The van der Waals surface area contributed by atoms with Crippen LogP contribution in [0.15, 0.2) is 73.8 Å². The van der Waals surface area contributed by atoms with Gasteiger partial charge in [0.1, 0.15) is 0 Å². The zero-order valence-corrected chi connectivity index (χ0v) is 13.9. The van der Waals surface area contributed by atoms with Crippen LogP contribution in [0, 0.1) is 0 Å². The number of hydrogen-bond donors (Lipinski definition) is 0. The minimum atomic E-state index is -0.556. The first kappa shape index (κ1) is 18.5. The maximum atomic E-state index is 4.89. The number of halogens is 2. The first-order valence-corrected chi connectivity index (χ1v) is 10.2. The second-order valence-corrected chi connectivity index (χ2v) is 6.22. The predicted octanol–water partition coefficient (Wildman–Crippen LogP) is 5.64. The molecule has 3 heteroatoms. The predicted molar refractivity (Wildman–Crippen MR) is 83.6 cm³/mol. The van der Waals surface area contributed by atoms with Crippen molar-refractivity contribution in [2.45, 2.75) is 12.8 Å². The Morgan fingerprint density at radius 1 is 0.789 bits per heavy atom. The van der Waals surface area contributed by atoms with Crippen LogP contribution in [0.1, 0.15) is 11.1 Å². The third kappa shape index (κ3) is 11.0. The van der Waals surface area contributed by atoms with Crippen LogP contribution in [-0.4, -0.2) is 0 Å². The van der Waals surface area contributed by atoms with E-state index in [1.54, 1.807) is 0 Å². The molecule has 2 aromatic rings. The Balaban J connectivity index is 0.000000284. The summed E-state index contributed by atoms with van der Waals surface area (Å²) < 4.78 is 0. The Hall–Kier alpha value is -0.526. The quantitative estimate of drug-likeness (QED) is 0.387. The Morgan fingerprint density at radius 2 is 1.05 bits per heavy atom. The van der Waals surface area contributed by atoms with Gasteiger partial charge in [-0.1, -0.05) is 25.0 Å². The van der Waals surface area contributed by atoms with Crippen LogP contribution >= 0.6 is 18.6 Å². The number of allylic oxidation sites excluding steroid dienone is 2. The van der Waals surface area contributed by atoms with Crippen LogP contribution in [0.25, 0.3) is 0 Å². The fourth-order valence-electron chi connectivity index (χ4n) is 1.43. The van der Waals surface area contributed by atoms with E-state index in [2.05, 4.69) is 37.4 Å². The van der Waals surface area contributed by atoms with Gasteiger partial charge in [0.2, 0.25) is 0 Å². The third-order valence-electron chi connectivity index (χ3n) is 2.22. The summed E-state index contributed by atoms with van der Waals surface area (Å²) in [6.07, 6.45) is 5.81. The molecule has 0 amide bonds. The zero-order valence-electron chi connectivity index (χ0n) is 10.9. The van der Waals surface area contributed by atoms with Crippen LogP contribution in [-0.2, 0) is 29.9 Å². The maximum absolute atomic E-state index is 4.89. The molecule has 0 aliphatic rings. The molecule has 0 radical (unpaired) electrons. The van der Waals surface area contributed by atoms with E-state index in [0.29, 0.717) is 0 Å². The van der Waals surface area contributed by atoms with Gasteiger partial charge in [-0.2, -0.15) is 35.4 Å². The average molecular weight is 329 g/mol. The van der Waals surface area contributed by atoms with Crippen molar-refractivity contribution in [1.82, 2.24) is 0 Å². The second-order valence-electron chi connectivity index (χ2n) is 3.64. The van der Waals surface area contributed by atoms with E-state index in [-0.39, 0.29) is 0 Å². The fraction of sp³-hybridized carbons (Fsp3) is 0.125. The van der Waals surface area contributed by atoms with Crippen molar-refractivity contribution < 1.29 is 17.0 Å². The average Bonchev–Trinajstić information content (AvgIpc) is 3.05. The van der Waals surface area contributed by atoms with Gasteiger partial charge in [-0.3, -0.25) is 0 Å². The van der Waals surface area contributed by atoms with Gasteiger partial charge in [0.25, 0.3) is 0 Å². The first-order valence-electron chi connectivity index (χ1n) is 5.87. The van der Waals surface area contributed by atoms with Gasteiger partial charge in [-0.05, 0) is 0 Å². The number of hydrogen-bond acceptors (Lipinski definition) is 0. The van der Waals surface area contributed by atoms with Crippen molar-refractivity contribution >= 4 is 18.6 Å². The van der Waals surface area contributed by atoms with Crippen LogP contribution in [0.4, 0.5) is 0 Å². The summed E-state index contributed by atoms with van der Waals surface area (Å²) in [6.45, 7) is 7.27.